The third kappa shape index (κ3) is 5.64. The third-order valence-corrected chi connectivity index (χ3v) is 2.74. The van der Waals surface area contributed by atoms with Crippen LogP contribution in [0.5, 0.6) is 0 Å². The van der Waals surface area contributed by atoms with Crippen LogP contribution < -0.4 is 10.6 Å². The fourth-order valence-electron chi connectivity index (χ4n) is 1.68. The zero-order chi connectivity index (χ0) is 15.0. The maximum absolute atomic E-state index is 12.7. The number of hydrogen-bond donors (Lipinski definition) is 2. The van der Waals surface area contributed by atoms with Crippen LogP contribution in [0, 0.1) is 0 Å². The molecule has 1 rings (SSSR count). The second-order valence-corrected chi connectivity index (χ2v) is 4.35. The number of ether oxygens (including phenoxy) is 1. The lowest BCUT2D eigenvalue weighted by molar-refractivity contribution is -0.137. The summed E-state index contributed by atoms with van der Waals surface area (Å²) in [6, 6.07) is 2.01. The molecule has 0 aromatic carbocycles. The fraction of sp³-hybridized carbons (Fsp3) is 0.615. The van der Waals surface area contributed by atoms with E-state index in [4.69, 9.17) is 4.74 Å². The number of alkyl halides is 3. The summed E-state index contributed by atoms with van der Waals surface area (Å²) in [6.07, 6.45) is -1.62. The van der Waals surface area contributed by atoms with Crippen molar-refractivity contribution in [3.8, 4) is 0 Å². The Hall–Kier alpha value is -1.50. The molecule has 0 atom stereocenters. The number of halogens is 3. The summed E-state index contributed by atoms with van der Waals surface area (Å²) >= 11 is 0. The normalized spacial score (nSPS) is 11.4. The van der Waals surface area contributed by atoms with Gasteiger partial charge >= 0.3 is 6.18 Å². The molecule has 0 aliphatic heterocycles. The van der Waals surface area contributed by atoms with Crippen molar-refractivity contribution in [1.29, 1.82) is 0 Å². The molecule has 0 spiro atoms. The molecule has 0 unspecified atom stereocenters. The van der Waals surface area contributed by atoms with Crippen LogP contribution in [0.3, 0.4) is 0 Å². The average molecular weight is 291 g/mol. The van der Waals surface area contributed by atoms with E-state index in [1.807, 2.05) is 0 Å². The number of pyridine rings is 1. The molecule has 20 heavy (non-hydrogen) atoms. The van der Waals surface area contributed by atoms with E-state index in [0.29, 0.717) is 13.2 Å². The largest absolute Gasteiger partial charge is 0.416 e. The number of hydrogen-bond acceptors (Lipinski definition) is 4. The van der Waals surface area contributed by atoms with Gasteiger partial charge in [-0.2, -0.15) is 13.2 Å². The van der Waals surface area contributed by atoms with Gasteiger partial charge in [-0.1, -0.05) is 0 Å². The van der Waals surface area contributed by atoms with Crippen LogP contribution in [0.2, 0.25) is 0 Å². The summed E-state index contributed by atoms with van der Waals surface area (Å²) < 4.78 is 43.1. The molecular formula is C13H20F3N3O. The predicted molar refractivity (Wildman–Crippen MR) is 73.0 cm³/mol. The van der Waals surface area contributed by atoms with Crippen LogP contribution >= 0.6 is 0 Å². The molecule has 0 saturated heterocycles. The zero-order valence-corrected chi connectivity index (χ0v) is 11.7. The predicted octanol–water partition coefficient (Wildman–Crippen LogP) is 3.37. The first-order chi connectivity index (χ1) is 9.47. The highest BCUT2D eigenvalue weighted by molar-refractivity contribution is 5.49. The second kappa shape index (κ2) is 7.94. The lowest BCUT2D eigenvalue weighted by atomic mass is 10.2. The lowest BCUT2D eigenvalue weighted by Gasteiger charge is -2.12. The van der Waals surface area contributed by atoms with Gasteiger partial charge in [-0.25, -0.2) is 4.98 Å². The third-order valence-electron chi connectivity index (χ3n) is 2.74. The van der Waals surface area contributed by atoms with Gasteiger partial charge in [-0.15, -0.1) is 0 Å². The number of rotatable bonds is 8. The molecule has 0 aliphatic carbocycles. The van der Waals surface area contributed by atoms with Gasteiger partial charge in [0.1, 0.15) is 11.6 Å². The molecule has 114 valence electrons. The Bertz CT molecular complexity index is 410. The van der Waals surface area contributed by atoms with E-state index in [9.17, 15) is 13.2 Å². The Morgan fingerprint density at radius 1 is 1.15 bits per heavy atom. The molecule has 2 N–H and O–H groups in total. The summed E-state index contributed by atoms with van der Waals surface area (Å²) in [4.78, 5) is 4.05. The molecule has 1 heterocycles. The van der Waals surface area contributed by atoms with Gasteiger partial charge in [0, 0.05) is 27.3 Å². The zero-order valence-electron chi connectivity index (χ0n) is 11.7. The van der Waals surface area contributed by atoms with Crippen LogP contribution in [0.1, 0.15) is 24.8 Å². The fourth-order valence-corrected chi connectivity index (χ4v) is 1.68. The van der Waals surface area contributed by atoms with Gasteiger partial charge in [0.05, 0.1) is 5.56 Å². The first-order valence-electron chi connectivity index (χ1n) is 6.47. The molecule has 0 aliphatic rings. The van der Waals surface area contributed by atoms with Gasteiger partial charge in [0.25, 0.3) is 0 Å². The molecule has 0 fully saturated rings. The first-order valence-corrected chi connectivity index (χ1v) is 6.47. The molecule has 1 aromatic rings. The molecule has 0 saturated carbocycles. The van der Waals surface area contributed by atoms with E-state index in [2.05, 4.69) is 15.6 Å². The molecule has 1 aromatic heterocycles. The summed E-state index contributed by atoms with van der Waals surface area (Å²) in [7, 11) is 3.18. The Morgan fingerprint density at radius 2 is 1.85 bits per heavy atom. The van der Waals surface area contributed by atoms with E-state index in [0.717, 1.165) is 31.4 Å². The molecule has 4 nitrogen and oxygen atoms in total. The molecule has 0 bridgehead atoms. The van der Waals surface area contributed by atoms with Crippen molar-refractivity contribution in [2.45, 2.75) is 25.4 Å². The maximum atomic E-state index is 12.7. The summed E-state index contributed by atoms with van der Waals surface area (Å²) in [5.74, 6) is 0.428. The topological polar surface area (TPSA) is 46.2 Å². The maximum Gasteiger partial charge on any atom is 0.416 e. The lowest BCUT2D eigenvalue weighted by Crippen LogP contribution is -2.10. The number of aromatic nitrogens is 1. The molecular weight excluding hydrogens is 271 g/mol. The molecule has 7 heteroatoms. The Labute approximate surface area is 116 Å². The van der Waals surface area contributed by atoms with Crippen LogP contribution in [-0.4, -0.2) is 32.3 Å². The molecule has 0 amide bonds. The summed E-state index contributed by atoms with van der Waals surface area (Å²) in [5, 5.41) is 5.55. The first kappa shape index (κ1) is 16.6. The van der Waals surface area contributed by atoms with E-state index in [1.54, 1.807) is 7.11 Å². The number of anilines is 2. The van der Waals surface area contributed by atoms with Gasteiger partial charge in [0.15, 0.2) is 0 Å². The highest BCUT2D eigenvalue weighted by atomic mass is 19.4. The monoisotopic (exact) mass is 291 g/mol. The Balaban J connectivity index is 2.56. The van der Waals surface area contributed by atoms with Gasteiger partial charge in [-0.05, 0) is 31.4 Å². The van der Waals surface area contributed by atoms with Crippen molar-refractivity contribution >= 4 is 11.6 Å². The summed E-state index contributed by atoms with van der Waals surface area (Å²) in [6.45, 7) is 1.28. The number of nitrogens with one attached hydrogen (secondary N) is 2. The molecule has 0 radical (unpaired) electrons. The van der Waals surface area contributed by atoms with E-state index in [1.165, 1.54) is 7.05 Å². The van der Waals surface area contributed by atoms with Crippen molar-refractivity contribution in [2.75, 3.05) is 37.9 Å². The Morgan fingerprint density at radius 3 is 2.45 bits per heavy atom. The van der Waals surface area contributed by atoms with Crippen molar-refractivity contribution in [3.63, 3.8) is 0 Å². The quantitative estimate of drug-likeness (QED) is 0.721. The van der Waals surface area contributed by atoms with E-state index >= 15 is 0 Å². The minimum absolute atomic E-state index is 0.196. The second-order valence-electron chi connectivity index (χ2n) is 4.35. The van der Waals surface area contributed by atoms with Crippen molar-refractivity contribution < 1.29 is 17.9 Å². The smallest absolute Gasteiger partial charge is 0.385 e. The van der Waals surface area contributed by atoms with Crippen molar-refractivity contribution in [2.24, 2.45) is 0 Å². The van der Waals surface area contributed by atoms with Crippen molar-refractivity contribution in [3.05, 3.63) is 17.7 Å². The minimum Gasteiger partial charge on any atom is -0.385 e. The number of methoxy groups -OCH3 is 1. The van der Waals surface area contributed by atoms with Gasteiger partial charge in [-0.3, -0.25) is 0 Å². The SMILES string of the molecule is CNc1cc(C(F)(F)F)cc(NCCCCCOC)n1. The van der Waals surface area contributed by atoms with Gasteiger partial charge in [0.2, 0.25) is 0 Å². The highest BCUT2D eigenvalue weighted by Crippen LogP contribution is 2.31. The van der Waals surface area contributed by atoms with Crippen molar-refractivity contribution in [1.82, 2.24) is 4.98 Å². The number of unbranched alkanes of at least 4 members (excludes halogenated alkanes) is 2. The van der Waals surface area contributed by atoms with Crippen LogP contribution in [0.15, 0.2) is 12.1 Å². The average Bonchev–Trinajstić information content (AvgIpc) is 2.41. The Kier molecular flexibility index (Phi) is 6.57. The van der Waals surface area contributed by atoms with Crippen LogP contribution in [0.25, 0.3) is 0 Å². The van der Waals surface area contributed by atoms with Gasteiger partial charge < -0.3 is 15.4 Å². The highest BCUT2D eigenvalue weighted by Gasteiger charge is 2.31. The summed E-state index contributed by atoms with van der Waals surface area (Å²) in [5.41, 5.74) is -0.710. The van der Waals surface area contributed by atoms with E-state index in [-0.39, 0.29) is 11.6 Å². The number of nitrogens with zero attached hydrogens (tertiary/aromatic N) is 1. The van der Waals surface area contributed by atoms with Crippen LogP contribution in [0.4, 0.5) is 24.8 Å². The minimum atomic E-state index is -4.37. The van der Waals surface area contributed by atoms with Crippen LogP contribution in [-0.2, 0) is 10.9 Å². The standard InChI is InChI=1S/C13H20F3N3O/c1-17-11-8-10(13(14,15)16)9-12(19-11)18-6-4-3-5-7-20-2/h8-9H,3-7H2,1-2H3,(H2,17,18,19). The van der Waals surface area contributed by atoms with E-state index < -0.39 is 11.7 Å².